The van der Waals surface area contributed by atoms with Crippen molar-refractivity contribution in [2.45, 2.75) is 38.6 Å². The minimum Gasteiger partial charge on any atom is -0.327 e. The predicted molar refractivity (Wildman–Crippen MR) is 44.7 cm³/mol. The highest BCUT2D eigenvalue weighted by Crippen LogP contribution is 2.27. The Morgan fingerprint density at radius 3 is 2.40 bits per heavy atom. The molecule has 1 saturated carbocycles. The van der Waals surface area contributed by atoms with Crippen molar-refractivity contribution in [1.29, 1.82) is 0 Å². The van der Waals surface area contributed by atoms with Crippen LogP contribution in [0.3, 0.4) is 0 Å². The fraction of sp³-hybridized carbons (Fsp3) is 0.778. The smallest absolute Gasteiger partial charge is 0.0104 e. The van der Waals surface area contributed by atoms with Crippen molar-refractivity contribution in [3.8, 4) is 0 Å². The van der Waals surface area contributed by atoms with Crippen molar-refractivity contribution in [2.24, 2.45) is 11.7 Å². The SMILES string of the molecule is C=C(C)[C@@H]1CCCC[C@H]1N. The van der Waals surface area contributed by atoms with Crippen LogP contribution in [0.5, 0.6) is 0 Å². The summed E-state index contributed by atoms with van der Waals surface area (Å²) in [5.74, 6) is 0.605. The third kappa shape index (κ3) is 1.60. The molecule has 0 heterocycles. The van der Waals surface area contributed by atoms with Crippen LogP contribution in [-0.4, -0.2) is 6.04 Å². The monoisotopic (exact) mass is 139 g/mol. The van der Waals surface area contributed by atoms with Gasteiger partial charge in [0.15, 0.2) is 0 Å². The fourth-order valence-corrected chi connectivity index (χ4v) is 1.77. The van der Waals surface area contributed by atoms with E-state index in [0.717, 1.165) is 0 Å². The average molecular weight is 139 g/mol. The van der Waals surface area contributed by atoms with Crippen molar-refractivity contribution in [3.63, 3.8) is 0 Å². The molecule has 0 spiro atoms. The van der Waals surface area contributed by atoms with Crippen LogP contribution >= 0.6 is 0 Å². The van der Waals surface area contributed by atoms with Crippen molar-refractivity contribution >= 4 is 0 Å². The van der Waals surface area contributed by atoms with Gasteiger partial charge in [0.2, 0.25) is 0 Å². The summed E-state index contributed by atoms with van der Waals surface area (Å²) in [7, 11) is 0. The zero-order valence-corrected chi connectivity index (χ0v) is 6.77. The zero-order valence-electron chi connectivity index (χ0n) is 6.77. The van der Waals surface area contributed by atoms with Gasteiger partial charge in [-0.25, -0.2) is 0 Å². The van der Waals surface area contributed by atoms with Crippen LogP contribution in [-0.2, 0) is 0 Å². The van der Waals surface area contributed by atoms with E-state index in [4.69, 9.17) is 5.73 Å². The maximum absolute atomic E-state index is 5.92. The topological polar surface area (TPSA) is 26.0 Å². The summed E-state index contributed by atoms with van der Waals surface area (Å²) in [6.45, 7) is 6.04. The summed E-state index contributed by atoms with van der Waals surface area (Å²) in [6, 6.07) is 0.395. The van der Waals surface area contributed by atoms with Crippen molar-refractivity contribution in [2.75, 3.05) is 0 Å². The predicted octanol–water partition coefficient (Wildman–Crippen LogP) is 2.08. The van der Waals surface area contributed by atoms with Crippen molar-refractivity contribution < 1.29 is 0 Å². The molecule has 1 aliphatic rings. The third-order valence-electron chi connectivity index (χ3n) is 2.45. The first-order valence-electron chi connectivity index (χ1n) is 4.13. The lowest BCUT2D eigenvalue weighted by molar-refractivity contribution is 0.348. The molecule has 0 bridgehead atoms. The number of hydrogen-bond donors (Lipinski definition) is 1. The van der Waals surface area contributed by atoms with Gasteiger partial charge in [0.25, 0.3) is 0 Å². The summed E-state index contributed by atoms with van der Waals surface area (Å²) in [4.78, 5) is 0. The van der Waals surface area contributed by atoms with Gasteiger partial charge in [0, 0.05) is 6.04 Å². The van der Waals surface area contributed by atoms with E-state index in [1.165, 1.54) is 31.3 Å². The Bertz CT molecular complexity index is 129. The minimum absolute atomic E-state index is 0.395. The van der Waals surface area contributed by atoms with Crippen LogP contribution in [0.4, 0.5) is 0 Å². The Hall–Kier alpha value is -0.300. The standard InChI is InChI=1S/C9H17N/c1-7(2)8-5-3-4-6-9(8)10/h8-9H,1,3-6,10H2,2H3/t8-,9+/m0/s1. The third-order valence-corrected chi connectivity index (χ3v) is 2.45. The largest absolute Gasteiger partial charge is 0.327 e. The Labute approximate surface area is 63.3 Å². The van der Waals surface area contributed by atoms with E-state index in [-0.39, 0.29) is 0 Å². The van der Waals surface area contributed by atoms with Gasteiger partial charge in [-0.15, -0.1) is 0 Å². The highest BCUT2D eigenvalue weighted by Gasteiger charge is 2.21. The summed E-state index contributed by atoms with van der Waals surface area (Å²) in [5, 5.41) is 0. The second kappa shape index (κ2) is 3.20. The van der Waals surface area contributed by atoms with E-state index < -0.39 is 0 Å². The van der Waals surface area contributed by atoms with E-state index in [0.29, 0.717) is 12.0 Å². The molecule has 10 heavy (non-hydrogen) atoms. The summed E-state index contributed by atoms with van der Waals surface area (Å²) in [6.07, 6.45) is 5.10. The summed E-state index contributed by atoms with van der Waals surface area (Å²) in [5.41, 5.74) is 7.19. The van der Waals surface area contributed by atoms with E-state index in [1.807, 2.05) is 0 Å². The maximum Gasteiger partial charge on any atom is 0.0104 e. The molecule has 0 unspecified atom stereocenters. The van der Waals surface area contributed by atoms with Gasteiger partial charge in [0.05, 0.1) is 0 Å². The van der Waals surface area contributed by atoms with Crippen LogP contribution in [0, 0.1) is 5.92 Å². The molecule has 0 aliphatic heterocycles. The molecule has 1 nitrogen and oxygen atoms in total. The molecule has 2 N–H and O–H groups in total. The van der Waals surface area contributed by atoms with Gasteiger partial charge in [-0.05, 0) is 25.7 Å². The van der Waals surface area contributed by atoms with Gasteiger partial charge in [-0.2, -0.15) is 0 Å². The highest BCUT2D eigenvalue weighted by atomic mass is 14.7. The molecule has 0 radical (unpaired) electrons. The molecule has 0 amide bonds. The van der Waals surface area contributed by atoms with E-state index in [9.17, 15) is 0 Å². The first kappa shape index (κ1) is 7.80. The summed E-state index contributed by atoms with van der Waals surface area (Å²) >= 11 is 0. The van der Waals surface area contributed by atoms with Gasteiger partial charge in [0.1, 0.15) is 0 Å². The van der Waals surface area contributed by atoms with Crippen molar-refractivity contribution in [3.05, 3.63) is 12.2 Å². The van der Waals surface area contributed by atoms with Gasteiger partial charge >= 0.3 is 0 Å². The molecule has 1 aliphatic carbocycles. The molecule has 58 valence electrons. The lowest BCUT2D eigenvalue weighted by Gasteiger charge is -2.28. The van der Waals surface area contributed by atoms with Crippen LogP contribution in [0.15, 0.2) is 12.2 Å². The molecule has 1 fully saturated rings. The molecule has 0 saturated heterocycles. The van der Waals surface area contributed by atoms with Gasteiger partial charge in [-0.1, -0.05) is 25.0 Å². The molecule has 0 aromatic heterocycles. The Balaban J connectivity index is 2.47. The van der Waals surface area contributed by atoms with Crippen LogP contribution < -0.4 is 5.73 Å². The second-order valence-corrected chi connectivity index (χ2v) is 3.40. The van der Waals surface area contributed by atoms with Crippen LogP contribution in [0.25, 0.3) is 0 Å². The van der Waals surface area contributed by atoms with E-state index in [2.05, 4.69) is 13.5 Å². The highest BCUT2D eigenvalue weighted by molar-refractivity contribution is 5.01. The van der Waals surface area contributed by atoms with Crippen LogP contribution in [0.2, 0.25) is 0 Å². The van der Waals surface area contributed by atoms with Gasteiger partial charge < -0.3 is 5.73 Å². The normalized spacial score (nSPS) is 33.8. The van der Waals surface area contributed by atoms with Gasteiger partial charge in [-0.3, -0.25) is 0 Å². The minimum atomic E-state index is 0.395. The quantitative estimate of drug-likeness (QED) is 0.553. The first-order chi connectivity index (χ1) is 4.72. The van der Waals surface area contributed by atoms with E-state index >= 15 is 0 Å². The molecule has 1 rings (SSSR count). The number of nitrogens with two attached hydrogens (primary N) is 1. The molecule has 0 aromatic carbocycles. The zero-order chi connectivity index (χ0) is 7.56. The first-order valence-corrected chi connectivity index (χ1v) is 4.13. The molecular weight excluding hydrogens is 122 g/mol. The average Bonchev–Trinajstić information content (AvgIpc) is 1.88. The number of hydrogen-bond acceptors (Lipinski definition) is 1. The van der Waals surface area contributed by atoms with E-state index in [1.54, 1.807) is 0 Å². The van der Waals surface area contributed by atoms with Crippen molar-refractivity contribution in [1.82, 2.24) is 0 Å². The Morgan fingerprint density at radius 2 is 2.00 bits per heavy atom. The Kier molecular flexibility index (Phi) is 2.50. The maximum atomic E-state index is 5.92. The summed E-state index contributed by atoms with van der Waals surface area (Å²) < 4.78 is 0. The fourth-order valence-electron chi connectivity index (χ4n) is 1.77. The lowest BCUT2D eigenvalue weighted by atomic mass is 9.81. The molecule has 2 atom stereocenters. The Morgan fingerprint density at radius 1 is 1.40 bits per heavy atom. The van der Waals surface area contributed by atoms with Crippen LogP contribution in [0.1, 0.15) is 32.6 Å². The molecule has 0 aromatic rings. The molecular formula is C9H17N. The number of rotatable bonds is 1. The second-order valence-electron chi connectivity index (χ2n) is 3.40. The lowest BCUT2D eigenvalue weighted by Crippen LogP contribution is -2.33. The molecule has 1 heteroatoms.